The zero-order valence-electron chi connectivity index (χ0n) is 18.4. The molecule has 1 saturated heterocycles. The molecule has 1 aliphatic heterocycles. The lowest BCUT2D eigenvalue weighted by Crippen LogP contribution is -2.53. The van der Waals surface area contributed by atoms with Gasteiger partial charge in [-0.05, 0) is 73.6 Å². The molecule has 3 aromatic rings. The summed E-state index contributed by atoms with van der Waals surface area (Å²) in [5, 5.41) is 20.1. The number of aromatic hydroxyl groups is 1. The van der Waals surface area contributed by atoms with E-state index in [-0.39, 0.29) is 16.7 Å². The topological polar surface area (TPSA) is 71.7 Å². The summed E-state index contributed by atoms with van der Waals surface area (Å²) in [5.74, 6) is -3.33. The second-order valence-corrected chi connectivity index (χ2v) is 9.72. The fourth-order valence-corrected chi connectivity index (χ4v) is 5.72. The van der Waals surface area contributed by atoms with E-state index in [4.69, 9.17) is 16.3 Å². The molecule has 0 atom stereocenters. The van der Waals surface area contributed by atoms with Crippen molar-refractivity contribution in [3.05, 3.63) is 58.5 Å². The third-order valence-corrected chi connectivity index (χ3v) is 7.64. The van der Waals surface area contributed by atoms with Crippen molar-refractivity contribution < 1.29 is 37.3 Å². The Morgan fingerprint density at radius 3 is 2.37 bits per heavy atom. The van der Waals surface area contributed by atoms with Gasteiger partial charge in [-0.1, -0.05) is 11.6 Å². The van der Waals surface area contributed by atoms with Crippen LogP contribution in [0.25, 0.3) is 16.6 Å². The predicted molar refractivity (Wildman–Crippen MR) is 121 cm³/mol. The van der Waals surface area contributed by atoms with Gasteiger partial charge >= 0.3 is 12.1 Å². The number of benzene rings is 2. The van der Waals surface area contributed by atoms with Gasteiger partial charge in [0.05, 0.1) is 10.5 Å². The van der Waals surface area contributed by atoms with Gasteiger partial charge in [-0.3, -0.25) is 4.79 Å². The predicted octanol–water partition coefficient (Wildman–Crippen LogP) is 6.53. The second kappa shape index (κ2) is 8.41. The fourth-order valence-electron chi connectivity index (χ4n) is 5.54. The molecule has 1 saturated carbocycles. The van der Waals surface area contributed by atoms with E-state index in [9.17, 15) is 32.6 Å². The first kappa shape index (κ1) is 23.9. The third-order valence-electron chi connectivity index (χ3n) is 7.35. The van der Waals surface area contributed by atoms with Gasteiger partial charge < -0.3 is 19.5 Å². The number of hydrogen-bond donors (Lipinski definition) is 2. The number of hydrogen-bond acceptors (Lipinski definition) is 3. The molecule has 186 valence electrons. The van der Waals surface area contributed by atoms with Crippen LogP contribution in [0.1, 0.15) is 48.8 Å². The number of aliphatic carboxylic acids is 1. The highest BCUT2D eigenvalue weighted by Gasteiger charge is 2.68. The molecule has 0 spiro atoms. The number of halogens is 5. The molecule has 2 fully saturated rings. The third kappa shape index (κ3) is 3.76. The number of nitrogens with zero attached hydrogens (tertiary/aromatic N) is 1. The quantitative estimate of drug-likeness (QED) is 0.390. The van der Waals surface area contributed by atoms with Crippen LogP contribution >= 0.6 is 11.6 Å². The van der Waals surface area contributed by atoms with Gasteiger partial charge in [0, 0.05) is 35.9 Å². The zero-order chi connectivity index (χ0) is 25.1. The Labute approximate surface area is 202 Å². The number of phenols is 1. The largest absolute Gasteiger partial charge is 0.508 e. The summed E-state index contributed by atoms with van der Waals surface area (Å²) in [6, 6.07) is 8.83. The van der Waals surface area contributed by atoms with Gasteiger partial charge in [0.25, 0.3) is 0 Å². The number of alkyl halides is 3. The molecule has 10 heteroatoms. The van der Waals surface area contributed by atoms with Crippen LogP contribution in [0.3, 0.4) is 0 Å². The first-order valence-corrected chi connectivity index (χ1v) is 11.6. The van der Waals surface area contributed by atoms with Crippen LogP contribution in [0.2, 0.25) is 5.02 Å². The van der Waals surface area contributed by atoms with Gasteiger partial charge in [-0.2, -0.15) is 13.2 Å². The normalized spacial score (nSPS) is 23.4. The summed E-state index contributed by atoms with van der Waals surface area (Å²) in [4.78, 5) is 11.7. The number of carboxylic acid groups (broad SMARTS) is 1. The van der Waals surface area contributed by atoms with Gasteiger partial charge in [0.2, 0.25) is 0 Å². The number of rotatable bonds is 4. The van der Waals surface area contributed by atoms with Crippen molar-refractivity contribution >= 4 is 28.5 Å². The Hall–Kier alpha value is -2.78. The molecule has 2 aromatic carbocycles. The number of carbonyl (C=O) groups is 1. The molecule has 0 amide bonds. The SMILES string of the molecule is O=C(O)C1(C(F)(F)F)CC(c2c(C3CCOCC3)n(-c3ccc(F)c(Cl)c3)c3ccc(O)cc23)C1. The minimum absolute atomic E-state index is 0.0637. The van der Waals surface area contributed by atoms with E-state index in [1.165, 1.54) is 30.3 Å². The second-order valence-electron chi connectivity index (χ2n) is 9.31. The lowest BCUT2D eigenvalue weighted by molar-refractivity contribution is -0.256. The summed E-state index contributed by atoms with van der Waals surface area (Å²) in [5.41, 5.74) is -0.358. The molecule has 1 aliphatic carbocycles. The van der Waals surface area contributed by atoms with Crippen LogP contribution in [-0.2, 0) is 9.53 Å². The van der Waals surface area contributed by atoms with E-state index in [0.29, 0.717) is 48.2 Å². The van der Waals surface area contributed by atoms with Crippen LogP contribution in [0.15, 0.2) is 36.4 Å². The maximum absolute atomic E-state index is 14.0. The Balaban J connectivity index is 1.75. The van der Waals surface area contributed by atoms with Crippen molar-refractivity contribution in [3.8, 4) is 11.4 Å². The molecule has 2 heterocycles. The number of ether oxygens (including phenoxy) is 1. The maximum Gasteiger partial charge on any atom is 0.404 e. The lowest BCUT2D eigenvalue weighted by atomic mass is 9.58. The molecule has 0 unspecified atom stereocenters. The van der Waals surface area contributed by atoms with Crippen molar-refractivity contribution in [1.29, 1.82) is 0 Å². The van der Waals surface area contributed by atoms with Crippen molar-refractivity contribution in [2.75, 3.05) is 13.2 Å². The Kier molecular flexibility index (Phi) is 5.75. The van der Waals surface area contributed by atoms with E-state index in [1.54, 1.807) is 6.07 Å². The molecular formula is C25H22ClF4NO4. The van der Waals surface area contributed by atoms with Gasteiger partial charge in [-0.15, -0.1) is 0 Å². The van der Waals surface area contributed by atoms with Crippen molar-refractivity contribution in [2.45, 2.75) is 43.7 Å². The van der Waals surface area contributed by atoms with Crippen molar-refractivity contribution in [2.24, 2.45) is 5.41 Å². The minimum atomic E-state index is -4.89. The summed E-state index contributed by atoms with van der Waals surface area (Å²) in [7, 11) is 0. The van der Waals surface area contributed by atoms with Gasteiger partial charge in [0.1, 0.15) is 11.6 Å². The summed E-state index contributed by atoms with van der Waals surface area (Å²) in [6.07, 6.45) is -4.86. The number of fused-ring (bicyclic) bond motifs is 1. The molecule has 35 heavy (non-hydrogen) atoms. The van der Waals surface area contributed by atoms with Crippen LogP contribution < -0.4 is 0 Å². The van der Waals surface area contributed by atoms with Gasteiger partial charge in [-0.25, -0.2) is 4.39 Å². The first-order chi connectivity index (χ1) is 16.5. The highest BCUT2D eigenvalue weighted by Crippen LogP contribution is 2.62. The van der Waals surface area contributed by atoms with E-state index in [2.05, 4.69) is 0 Å². The molecule has 1 aromatic heterocycles. The Morgan fingerprint density at radius 2 is 1.77 bits per heavy atom. The van der Waals surface area contributed by atoms with Crippen LogP contribution in [-0.4, -0.2) is 40.1 Å². The number of carboxylic acids is 1. The average molecular weight is 512 g/mol. The minimum Gasteiger partial charge on any atom is -0.508 e. The van der Waals surface area contributed by atoms with Crippen molar-refractivity contribution in [1.82, 2.24) is 4.57 Å². The van der Waals surface area contributed by atoms with E-state index >= 15 is 0 Å². The van der Waals surface area contributed by atoms with Crippen LogP contribution in [0, 0.1) is 11.2 Å². The Morgan fingerprint density at radius 1 is 1.09 bits per heavy atom. The molecular weight excluding hydrogens is 490 g/mol. The molecule has 2 aliphatic rings. The summed E-state index contributed by atoms with van der Waals surface area (Å²) in [6.45, 7) is 0.931. The monoisotopic (exact) mass is 511 g/mol. The number of aromatic nitrogens is 1. The van der Waals surface area contributed by atoms with E-state index in [1.807, 2.05) is 4.57 Å². The lowest BCUT2D eigenvalue weighted by Gasteiger charge is -2.46. The summed E-state index contributed by atoms with van der Waals surface area (Å²) < 4.78 is 62.7. The Bertz CT molecular complexity index is 1310. The summed E-state index contributed by atoms with van der Waals surface area (Å²) >= 11 is 6.07. The molecule has 5 rings (SSSR count). The standard InChI is InChI=1S/C25H22ClF4NO4/c26-18-9-15(1-3-19(18)27)31-20-4-2-16(32)10-17(20)21(22(31)13-5-7-35-8-6-13)14-11-24(12-14,23(33)34)25(28,29)30/h1-4,9-10,13-14,32H,5-8,11-12H2,(H,33,34). The van der Waals surface area contributed by atoms with Crippen molar-refractivity contribution in [3.63, 3.8) is 0 Å². The first-order valence-electron chi connectivity index (χ1n) is 11.2. The van der Waals surface area contributed by atoms with E-state index in [0.717, 1.165) is 5.69 Å². The zero-order valence-corrected chi connectivity index (χ0v) is 19.2. The maximum atomic E-state index is 14.0. The average Bonchev–Trinajstić information content (AvgIpc) is 3.08. The highest BCUT2D eigenvalue weighted by molar-refractivity contribution is 6.30. The molecule has 5 nitrogen and oxygen atoms in total. The van der Waals surface area contributed by atoms with Crippen LogP contribution in [0.4, 0.5) is 17.6 Å². The van der Waals surface area contributed by atoms with Crippen LogP contribution in [0.5, 0.6) is 5.75 Å². The molecule has 0 radical (unpaired) electrons. The fraction of sp³-hybridized carbons (Fsp3) is 0.400. The highest BCUT2D eigenvalue weighted by atomic mass is 35.5. The number of phenolic OH excluding ortho intramolecular Hbond substituents is 1. The van der Waals surface area contributed by atoms with E-state index < -0.39 is 42.1 Å². The smallest absolute Gasteiger partial charge is 0.404 e. The molecule has 2 N–H and O–H groups in total. The van der Waals surface area contributed by atoms with Gasteiger partial charge in [0.15, 0.2) is 5.41 Å². The molecule has 0 bridgehead atoms.